The van der Waals surface area contributed by atoms with Crippen molar-refractivity contribution in [2.24, 2.45) is 0 Å². The van der Waals surface area contributed by atoms with Crippen LogP contribution in [0.5, 0.6) is 0 Å². The van der Waals surface area contributed by atoms with Crippen molar-refractivity contribution < 1.29 is 13.2 Å². The molecule has 3 aromatic rings. The van der Waals surface area contributed by atoms with Crippen LogP contribution in [0.15, 0.2) is 89.3 Å². The molecule has 0 heterocycles. The molecular formula is C23H15NO3S. The lowest BCUT2D eigenvalue weighted by Crippen LogP contribution is -2.18. The van der Waals surface area contributed by atoms with Crippen LogP contribution in [0.4, 0.5) is 0 Å². The second kappa shape index (κ2) is 6.91. The van der Waals surface area contributed by atoms with Gasteiger partial charge in [-0.1, -0.05) is 42.5 Å². The van der Waals surface area contributed by atoms with Gasteiger partial charge in [0.25, 0.3) is 0 Å². The van der Waals surface area contributed by atoms with Crippen LogP contribution in [0.25, 0.3) is 6.08 Å². The van der Waals surface area contributed by atoms with E-state index < -0.39 is 15.1 Å². The van der Waals surface area contributed by atoms with Gasteiger partial charge in [0.15, 0.2) is 15.6 Å². The molecule has 1 aliphatic carbocycles. The number of sulfone groups is 1. The van der Waals surface area contributed by atoms with E-state index in [0.29, 0.717) is 16.7 Å². The topological polar surface area (TPSA) is 75.0 Å². The minimum Gasteiger partial charge on any atom is -0.289 e. The van der Waals surface area contributed by atoms with Crippen LogP contribution < -0.4 is 0 Å². The molecule has 1 aliphatic rings. The van der Waals surface area contributed by atoms with E-state index in [9.17, 15) is 13.2 Å². The SMILES string of the molecule is N#Cc1ccc(C(=O)C2=Cc3ccccc3C2S(=O)(=O)c2ccccc2)cc1. The summed E-state index contributed by atoms with van der Waals surface area (Å²) in [6, 6.07) is 23.5. The predicted octanol–water partition coefficient (Wildman–Crippen LogP) is 4.35. The zero-order chi connectivity index (χ0) is 19.7. The minimum atomic E-state index is -3.81. The summed E-state index contributed by atoms with van der Waals surface area (Å²) >= 11 is 0. The molecule has 0 fully saturated rings. The molecule has 136 valence electrons. The Kier molecular flexibility index (Phi) is 4.42. The van der Waals surface area contributed by atoms with Gasteiger partial charge < -0.3 is 0 Å². The van der Waals surface area contributed by atoms with E-state index in [2.05, 4.69) is 0 Å². The first-order valence-corrected chi connectivity index (χ1v) is 10.2. The fraction of sp³-hybridized carbons (Fsp3) is 0.0435. The Labute approximate surface area is 163 Å². The molecule has 0 amide bonds. The van der Waals surface area contributed by atoms with E-state index in [0.717, 1.165) is 5.56 Å². The number of rotatable bonds is 4. The average molecular weight is 385 g/mol. The number of nitriles is 1. The zero-order valence-corrected chi connectivity index (χ0v) is 15.6. The van der Waals surface area contributed by atoms with E-state index in [-0.39, 0.29) is 16.3 Å². The molecule has 0 bridgehead atoms. The standard InChI is InChI=1S/C23H15NO3S/c24-15-16-10-12-17(13-11-16)22(25)21-14-18-6-4-5-9-20(18)23(21)28(26,27)19-7-2-1-3-8-19/h1-14,23H. The summed E-state index contributed by atoms with van der Waals surface area (Å²) in [5, 5.41) is 7.89. The van der Waals surface area contributed by atoms with E-state index in [1.165, 1.54) is 0 Å². The molecule has 4 rings (SSSR count). The number of carbonyl (C=O) groups excluding carboxylic acids is 1. The van der Waals surface area contributed by atoms with E-state index in [1.54, 1.807) is 72.8 Å². The zero-order valence-electron chi connectivity index (χ0n) is 14.7. The third kappa shape index (κ3) is 2.94. The minimum absolute atomic E-state index is 0.176. The highest BCUT2D eigenvalue weighted by molar-refractivity contribution is 7.92. The third-order valence-electron chi connectivity index (χ3n) is 4.79. The Morgan fingerprint density at radius 2 is 1.50 bits per heavy atom. The van der Waals surface area contributed by atoms with Crippen molar-refractivity contribution in [1.82, 2.24) is 0 Å². The maximum absolute atomic E-state index is 13.4. The lowest BCUT2D eigenvalue weighted by molar-refractivity contribution is 0.103. The van der Waals surface area contributed by atoms with Crippen LogP contribution in [-0.2, 0) is 9.84 Å². The third-order valence-corrected chi connectivity index (χ3v) is 6.85. The molecule has 0 saturated heterocycles. The van der Waals surface area contributed by atoms with Gasteiger partial charge in [0.1, 0.15) is 5.25 Å². The highest BCUT2D eigenvalue weighted by atomic mass is 32.2. The Morgan fingerprint density at radius 3 is 2.18 bits per heavy atom. The summed E-state index contributed by atoms with van der Waals surface area (Å²) in [6.07, 6.45) is 1.65. The van der Waals surface area contributed by atoms with Crippen LogP contribution in [-0.4, -0.2) is 14.2 Å². The maximum atomic E-state index is 13.4. The fourth-order valence-corrected chi connectivity index (χ4v) is 5.29. The highest BCUT2D eigenvalue weighted by Crippen LogP contribution is 2.44. The van der Waals surface area contributed by atoms with Gasteiger partial charge in [0, 0.05) is 11.1 Å². The Balaban J connectivity index is 1.84. The summed E-state index contributed by atoms with van der Waals surface area (Å²) in [7, 11) is -3.81. The monoisotopic (exact) mass is 385 g/mol. The highest BCUT2D eigenvalue weighted by Gasteiger charge is 2.40. The van der Waals surface area contributed by atoms with Gasteiger partial charge in [-0.3, -0.25) is 4.79 Å². The molecule has 0 aromatic heterocycles. The molecule has 0 N–H and O–H groups in total. The molecule has 1 unspecified atom stereocenters. The number of carbonyl (C=O) groups is 1. The second-order valence-corrected chi connectivity index (χ2v) is 8.52. The average Bonchev–Trinajstić information content (AvgIpc) is 3.14. The molecule has 0 saturated carbocycles. The van der Waals surface area contributed by atoms with Crippen LogP contribution in [0.2, 0.25) is 0 Å². The summed E-state index contributed by atoms with van der Waals surface area (Å²) in [5.74, 6) is -0.356. The molecule has 0 aliphatic heterocycles. The van der Waals surface area contributed by atoms with Gasteiger partial charge in [0.2, 0.25) is 0 Å². The number of fused-ring (bicyclic) bond motifs is 1. The van der Waals surface area contributed by atoms with E-state index in [1.807, 2.05) is 18.2 Å². The number of hydrogen-bond donors (Lipinski definition) is 0. The van der Waals surface area contributed by atoms with Gasteiger partial charge in [-0.25, -0.2) is 8.42 Å². The summed E-state index contributed by atoms with van der Waals surface area (Å²) < 4.78 is 26.8. The summed E-state index contributed by atoms with van der Waals surface area (Å²) in [5.41, 5.74) is 2.34. The second-order valence-electron chi connectivity index (χ2n) is 6.48. The summed E-state index contributed by atoms with van der Waals surface area (Å²) in [4.78, 5) is 13.4. The van der Waals surface area contributed by atoms with E-state index >= 15 is 0 Å². The van der Waals surface area contributed by atoms with Crippen LogP contribution in [0.3, 0.4) is 0 Å². The molecule has 28 heavy (non-hydrogen) atoms. The number of Topliss-reactive ketones (excluding diaryl/α,β-unsaturated/α-hetero) is 1. The molecule has 1 atom stereocenters. The molecule has 0 spiro atoms. The van der Waals surface area contributed by atoms with Gasteiger partial charge in [-0.05, 0) is 53.6 Å². The van der Waals surface area contributed by atoms with Crippen molar-refractivity contribution in [2.45, 2.75) is 10.1 Å². The molecule has 0 radical (unpaired) electrons. The Morgan fingerprint density at radius 1 is 0.857 bits per heavy atom. The maximum Gasteiger partial charge on any atom is 0.190 e. The number of nitrogens with zero attached hydrogens (tertiary/aromatic N) is 1. The first-order chi connectivity index (χ1) is 13.5. The van der Waals surface area contributed by atoms with Crippen LogP contribution in [0, 0.1) is 11.3 Å². The first kappa shape index (κ1) is 17.9. The first-order valence-electron chi connectivity index (χ1n) is 8.66. The van der Waals surface area contributed by atoms with Gasteiger partial charge in [-0.2, -0.15) is 5.26 Å². The van der Waals surface area contributed by atoms with Gasteiger partial charge in [-0.15, -0.1) is 0 Å². The Bertz CT molecular complexity index is 1240. The van der Waals surface area contributed by atoms with Crippen molar-refractivity contribution in [2.75, 3.05) is 0 Å². The fourth-order valence-electron chi connectivity index (χ4n) is 3.42. The van der Waals surface area contributed by atoms with Crippen molar-refractivity contribution in [3.05, 3.63) is 107 Å². The normalized spacial score (nSPS) is 15.4. The lowest BCUT2D eigenvalue weighted by Gasteiger charge is -2.17. The summed E-state index contributed by atoms with van der Waals surface area (Å²) in [6.45, 7) is 0. The molecule has 3 aromatic carbocycles. The smallest absolute Gasteiger partial charge is 0.190 e. The quantitative estimate of drug-likeness (QED) is 0.626. The largest absolute Gasteiger partial charge is 0.289 e. The van der Waals surface area contributed by atoms with Gasteiger partial charge >= 0.3 is 0 Å². The lowest BCUT2D eigenvalue weighted by atomic mass is 10.0. The molecule has 5 heteroatoms. The van der Waals surface area contributed by atoms with Crippen molar-refractivity contribution in [3.63, 3.8) is 0 Å². The van der Waals surface area contributed by atoms with Crippen molar-refractivity contribution >= 4 is 21.7 Å². The number of hydrogen-bond acceptors (Lipinski definition) is 4. The van der Waals surface area contributed by atoms with Crippen LogP contribution in [0.1, 0.15) is 32.3 Å². The van der Waals surface area contributed by atoms with Crippen LogP contribution >= 0.6 is 0 Å². The van der Waals surface area contributed by atoms with Gasteiger partial charge in [0.05, 0.1) is 16.5 Å². The van der Waals surface area contributed by atoms with E-state index in [4.69, 9.17) is 5.26 Å². The Hall–Kier alpha value is -3.49. The molecule has 4 nitrogen and oxygen atoms in total. The van der Waals surface area contributed by atoms with Crippen molar-refractivity contribution in [3.8, 4) is 6.07 Å². The molecular weight excluding hydrogens is 370 g/mol. The number of benzene rings is 3. The number of ketones is 1. The van der Waals surface area contributed by atoms with Crippen molar-refractivity contribution in [1.29, 1.82) is 5.26 Å². The predicted molar refractivity (Wildman–Crippen MR) is 106 cm³/mol.